The first kappa shape index (κ1) is 24.0. The number of carbonyl (C=O) groups is 1. The Morgan fingerprint density at radius 1 is 1.17 bits per heavy atom. The van der Waals surface area contributed by atoms with Crippen LogP contribution < -0.4 is 5.32 Å². The van der Waals surface area contributed by atoms with Gasteiger partial charge < -0.3 is 19.9 Å². The highest BCUT2D eigenvalue weighted by Crippen LogP contribution is 2.17. The summed E-state index contributed by atoms with van der Waals surface area (Å²) in [6, 6.07) is 10.3. The second kappa shape index (κ2) is 11.2. The molecule has 1 aromatic carbocycles. The van der Waals surface area contributed by atoms with Gasteiger partial charge in [0.25, 0.3) is 0 Å². The van der Waals surface area contributed by atoms with Gasteiger partial charge in [-0.3, -0.25) is 4.99 Å². The lowest BCUT2D eigenvalue weighted by Gasteiger charge is -2.35. The second-order valence-corrected chi connectivity index (χ2v) is 7.04. The van der Waals surface area contributed by atoms with E-state index in [1.54, 1.807) is 11.9 Å². The summed E-state index contributed by atoms with van der Waals surface area (Å²) in [6.45, 7) is 9.62. The number of nitrogens with one attached hydrogen (secondary N) is 1. The van der Waals surface area contributed by atoms with E-state index in [0.29, 0.717) is 26.2 Å². The molecule has 0 aliphatic carbocycles. The van der Waals surface area contributed by atoms with Crippen LogP contribution in [0.4, 0.5) is 4.79 Å². The van der Waals surface area contributed by atoms with E-state index < -0.39 is 0 Å². The van der Waals surface area contributed by atoms with Crippen molar-refractivity contribution in [3.8, 4) is 5.69 Å². The van der Waals surface area contributed by atoms with Crippen LogP contribution in [0.25, 0.3) is 5.69 Å². The Balaban J connectivity index is 0.00000320. The van der Waals surface area contributed by atoms with Gasteiger partial charge in [0.1, 0.15) is 0 Å². The summed E-state index contributed by atoms with van der Waals surface area (Å²) in [5.41, 5.74) is 4.31. The molecule has 8 nitrogen and oxygen atoms in total. The van der Waals surface area contributed by atoms with Gasteiger partial charge >= 0.3 is 6.09 Å². The standard InChI is InChI=1S/C21H30N6O2.HI/c1-5-29-21(28)26-12-10-25(11-13-26)20(22-4)23-15-18-8-6-7-9-19(18)27-17(3)14-16(2)24-27;/h6-9,14H,5,10-13,15H2,1-4H3,(H,22,23);1H. The normalized spacial score (nSPS) is 14.3. The predicted octanol–water partition coefficient (Wildman–Crippen LogP) is 2.96. The van der Waals surface area contributed by atoms with Crippen molar-refractivity contribution in [3.63, 3.8) is 0 Å². The molecular weight excluding hydrogens is 495 g/mol. The molecule has 1 fully saturated rings. The number of aryl methyl sites for hydroxylation is 2. The molecule has 0 spiro atoms. The predicted molar refractivity (Wildman–Crippen MR) is 129 cm³/mol. The third-order valence-corrected chi connectivity index (χ3v) is 4.98. The molecule has 30 heavy (non-hydrogen) atoms. The van der Waals surface area contributed by atoms with Gasteiger partial charge in [0.05, 0.1) is 18.0 Å². The lowest BCUT2D eigenvalue weighted by atomic mass is 10.1. The van der Waals surface area contributed by atoms with Crippen LogP contribution in [-0.4, -0.2) is 71.5 Å². The third-order valence-electron chi connectivity index (χ3n) is 4.98. The van der Waals surface area contributed by atoms with Gasteiger partial charge in [-0.2, -0.15) is 5.10 Å². The van der Waals surface area contributed by atoms with Crippen molar-refractivity contribution in [1.29, 1.82) is 0 Å². The number of amides is 1. The van der Waals surface area contributed by atoms with Gasteiger partial charge in [-0.25, -0.2) is 9.48 Å². The Morgan fingerprint density at radius 3 is 2.43 bits per heavy atom. The van der Waals surface area contributed by atoms with Gasteiger partial charge in [0.2, 0.25) is 0 Å². The highest BCUT2D eigenvalue weighted by atomic mass is 127. The van der Waals surface area contributed by atoms with Crippen LogP contribution in [0.2, 0.25) is 0 Å². The average molecular weight is 526 g/mol. The fraction of sp³-hybridized carbons (Fsp3) is 0.476. The quantitative estimate of drug-likeness (QED) is 0.377. The van der Waals surface area contributed by atoms with E-state index in [-0.39, 0.29) is 30.1 Å². The largest absolute Gasteiger partial charge is 0.450 e. The highest BCUT2D eigenvalue weighted by molar-refractivity contribution is 14.0. The molecule has 1 aliphatic rings. The van der Waals surface area contributed by atoms with Crippen molar-refractivity contribution in [3.05, 3.63) is 47.3 Å². The molecule has 1 aliphatic heterocycles. The number of hydrogen-bond acceptors (Lipinski definition) is 4. The number of guanidine groups is 1. The van der Waals surface area contributed by atoms with Crippen LogP contribution in [0.15, 0.2) is 35.3 Å². The van der Waals surface area contributed by atoms with E-state index in [4.69, 9.17) is 4.74 Å². The summed E-state index contributed by atoms with van der Waals surface area (Å²) < 4.78 is 7.07. The molecule has 0 unspecified atom stereocenters. The van der Waals surface area contributed by atoms with E-state index in [1.807, 2.05) is 30.7 Å². The van der Waals surface area contributed by atoms with Crippen LogP contribution in [0.1, 0.15) is 23.9 Å². The molecule has 3 rings (SSSR count). The Hall–Kier alpha value is -2.30. The molecular formula is C21H31IN6O2. The number of aliphatic imine (C=N–C) groups is 1. The second-order valence-electron chi connectivity index (χ2n) is 7.04. The number of halogens is 1. The van der Waals surface area contributed by atoms with Gasteiger partial charge in [0, 0.05) is 45.5 Å². The molecule has 2 heterocycles. The van der Waals surface area contributed by atoms with Crippen molar-refractivity contribution in [2.75, 3.05) is 39.8 Å². The first-order chi connectivity index (χ1) is 14.0. The van der Waals surface area contributed by atoms with Crippen molar-refractivity contribution < 1.29 is 9.53 Å². The Bertz CT molecular complexity index is 874. The fourth-order valence-electron chi connectivity index (χ4n) is 3.56. The Morgan fingerprint density at radius 2 is 1.83 bits per heavy atom. The third kappa shape index (κ3) is 5.65. The lowest BCUT2D eigenvalue weighted by Crippen LogP contribution is -2.53. The maximum Gasteiger partial charge on any atom is 0.409 e. The molecule has 1 aromatic heterocycles. The van der Waals surface area contributed by atoms with Gasteiger partial charge in [-0.15, -0.1) is 24.0 Å². The molecule has 9 heteroatoms. The first-order valence-electron chi connectivity index (χ1n) is 10.0. The summed E-state index contributed by atoms with van der Waals surface area (Å²) in [4.78, 5) is 20.2. The molecule has 0 saturated carbocycles. The SMILES string of the molecule is CCOC(=O)N1CCN(C(=NC)NCc2ccccc2-n2nc(C)cc2C)CC1.I. The summed E-state index contributed by atoms with van der Waals surface area (Å²) in [5.74, 6) is 0.830. The molecule has 164 valence electrons. The van der Waals surface area contributed by atoms with Crippen molar-refractivity contribution in [2.45, 2.75) is 27.3 Å². The molecule has 0 radical (unpaired) electrons. The van der Waals surface area contributed by atoms with Crippen LogP contribution in [-0.2, 0) is 11.3 Å². The van der Waals surface area contributed by atoms with Crippen LogP contribution >= 0.6 is 24.0 Å². The summed E-state index contributed by atoms with van der Waals surface area (Å²) in [6.07, 6.45) is -0.242. The number of rotatable bonds is 4. The zero-order valence-electron chi connectivity index (χ0n) is 18.1. The summed E-state index contributed by atoms with van der Waals surface area (Å²) >= 11 is 0. The minimum atomic E-state index is -0.242. The molecule has 0 bridgehead atoms. The molecule has 1 amide bonds. The van der Waals surface area contributed by atoms with Crippen molar-refractivity contribution >= 4 is 36.0 Å². The molecule has 0 atom stereocenters. The zero-order valence-corrected chi connectivity index (χ0v) is 20.4. The number of carbonyl (C=O) groups excluding carboxylic acids is 1. The number of ether oxygens (including phenoxy) is 1. The topological polar surface area (TPSA) is 75.0 Å². The Kier molecular flexibility index (Phi) is 8.94. The Labute approximate surface area is 195 Å². The summed E-state index contributed by atoms with van der Waals surface area (Å²) in [7, 11) is 1.78. The van der Waals surface area contributed by atoms with Crippen LogP contribution in [0, 0.1) is 13.8 Å². The molecule has 1 N–H and O–H groups in total. The van der Waals surface area contributed by atoms with Gasteiger partial charge in [-0.1, -0.05) is 18.2 Å². The summed E-state index contributed by atoms with van der Waals surface area (Å²) in [5, 5.41) is 8.08. The monoisotopic (exact) mass is 526 g/mol. The fourth-order valence-corrected chi connectivity index (χ4v) is 3.56. The van der Waals surface area contributed by atoms with Crippen LogP contribution in [0.5, 0.6) is 0 Å². The number of hydrogen-bond donors (Lipinski definition) is 1. The number of benzene rings is 1. The van der Waals surface area contributed by atoms with Gasteiger partial charge in [0.15, 0.2) is 5.96 Å². The molecule has 2 aromatic rings. The number of aromatic nitrogens is 2. The van der Waals surface area contributed by atoms with E-state index in [1.165, 1.54) is 0 Å². The number of para-hydroxylation sites is 1. The average Bonchev–Trinajstić information content (AvgIpc) is 3.07. The smallest absolute Gasteiger partial charge is 0.409 e. The maximum atomic E-state index is 11.9. The van der Waals surface area contributed by atoms with Crippen LogP contribution in [0.3, 0.4) is 0 Å². The minimum absolute atomic E-state index is 0. The van der Waals surface area contributed by atoms with E-state index >= 15 is 0 Å². The highest BCUT2D eigenvalue weighted by Gasteiger charge is 2.23. The van der Waals surface area contributed by atoms with Crippen molar-refractivity contribution in [1.82, 2.24) is 24.9 Å². The maximum absolute atomic E-state index is 11.9. The van der Waals surface area contributed by atoms with E-state index in [9.17, 15) is 4.79 Å². The van der Waals surface area contributed by atoms with E-state index in [2.05, 4.69) is 45.4 Å². The lowest BCUT2D eigenvalue weighted by molar-refractivity contribution is 0.0914. The number of piperazine rings is 1. The van der Waals surface area contributed by atoms with Gasteiger partial charge in [-0.05, 0) is 38.5 Å². The molecule has 1 saturated heterocycles. The first-order valence-corrected chi connectivity index (χ1v) is 10.0. The zero-order chi connectivity index (χ0) is 20.8. The minimum Gasteiger partial charge on any atom is -0.450 e. The van der Waals surface area contributed by atoms with Crippen molar-refractivity contribution in [2.24, 2.45) is 4.99 Å². The van der Waals surface area contributed by atoms with E-state index in [0.717, 1.165) is 41.7 Å². The number of nitrogens with zero attached hydrogens (tertiary/aromatic N) is 5.